The normalized spacial score (nSPS) is 27.6. The monoisotopic (exact) mass is 249 g/mol. The van der Waals surface area contributed by atoms with Gasteiger partial charge in [0.1, 0.15) is 0 Å². The minimum Gasteiger partial charge on any atom is -0.465 e. The number of amides is 1. The predicted octanol–water partition coefficient (Wildman–Crippen LogP) is 2.46. The molecule has 0 bridgehead atoms. The minimum absolute atomic E-state index is 0.0711. The summed E-state index contributed by atoms with van der Waals surface area (Å²) in [6, 6.07) is 4.30. The van der Waals surface area contributed by atoms with Gasteiger partial charge in [-0.1, -0.05) is 20.8 Å². The number of hydrogen-bond acceptors (Lipinski definition) is 3. The smallest absolute Gasteiger partial charge is 0.407 e. The topological polar surface area (TPSA) is 88.1 Å². The summed E-state index contributed by atoms with van der Waals surface area (Å²) in [6.45, 7) is 6.73. The Morgan fingerprint density at radius 2 is 2.06 bits per heavy atom. The van der Waals surface area contributed by atoms with Crippen molar-refractivity contribution >= 4 is 6.09 Å². The fraction of sp³-hybridized carbons (Fsp3) is 0.769. The molecule has 1 rings (SSSR count). The molecule has 0 radical (unpaired) electrons. The maximum absolute atomic E-state index is 11.1. The van der Waals surface area contributed by atoms with E-state index in [0.29, 0.717) is 19.5 Å². The number of nitriles is 2. The lowest BCUT2D eigenvalue weighted by Gasteiger charge is -2.43. The summed E-state index contributed by atoms with van der Waals surface area (Å²) in [4.78, 5) is 12.5. The zero-order chi connectivity index (χ0) is 14.0. The van der Waals surface area contributed by atoms with E-state index < -0.39 is 11.5 Å². The lowest BCUT2D eigenvalue weighted by Crippen LogP contribution is -2.43. The van der Waals surface area contributed by atoms with Crippen LogP contribution in [-0.2, 0) is 0 Å². The Hall–Kier alpha value is -1.75. The van der Waals surface area contributed by atoms with Gasteiger partial charge in [0.2, 0.25) is 0 Å². The average molecular weight is 249 g/mol. The molecule has 98 valence electrons. The van der Waals surface area contributed by atoms with Crippen molar-refractivity contribution in [2.45, 2.75) is 33.6 Å². The summed E-state index contributed by atoms with van der Waals surface area (Å²) < 4.78 is 0. The highest BCUT2D eigenvalue weighted by Gasteiger charge is 2.54. The Morgan fingerprint density at radius 1 is 1.44 bits per heavy atom. The lowest BCUT2D eigenvalue weighted by atomic mass is 9.59. The third-order valence-corrected chi connectivity index (χ3v) is 4.19. The third kappa shape index (κ3) is 2.26. The maximum Gasteiger partial charge on any atom is 0.407 e. The molecular formula is C13H19N3O2. The Kier molecular flexibility index (Phi) is 3.86. The van der Waals surface area contributed by atoms with Gasteiger partial charge < -0.3 is 10.0 Å². The Bertz CT molecular complexity index is 413. The second-order valence-electron chi connectivity index (χ2n) is 5.96. The van der Waals surface area contributed by atoms with Crippen LogP contribution in [0.2, 0.25) is 0 Å². The predicted molar refractivity (Wildman–Crippen MR) is 65.4 cm³/mol. The van der Waals surface area contributed by atoms with Gasteiger partial charge in [0, 0.05) is 31.3 Å². The van der Waals surface area contributed by atoms with E-state index in [9.17, 15) is 4.79 Å². The van der Waals surface area contributed by atoms with Crippen molar-refractivity contribution in [3.8, 4) is 12.1 Å². The molecule has 0 spiro atoms. The van der Waals surface area contributed by atoms with Crippen LogP contribution in [0.5, 0.6) is 0 Å². The molecule has 1 aliphatic heterocycles. The molecule has 2 atom stereocenters. The highest BCUT2D eigenvalue weighted by atomic mass is 16.4. The average Bonchev–Trinajstić information content (AvgIpc) is 2.59. The molecule has 1 N–H and O–H groups in total. The molecule has 0 aromatic carbocycles. The SMILES string of the molecule is CC(C)(C)[C@]1(CC#N)CN(C(=O)O)C[C@H]1CC#N. The fourth-order valence-electron chi connectivity index (χ4n) is 2.95. The van der Waals surface area contributed by atoms with Crippen LogP contribution in [0.15, 0.2) is 0 Å². The Morgan fingerprint density at radius 3 is 2.44 bits per heavy atom. The van der Waals surface area contributed by atoms with E-state index in [-0.39, 0.29) is 17.8 Å². The molecule has 0 aromatic rings. The van der Waals surface area contributed by atoms with Crippen molar-refractivity contribution < 1.29 is 9.90 Å². The van der Waals surface area contributed by atoms with Crippen LogP contribution in [0.3, 0.4) is 0 Å². The van der Waals surface area contributed by atoms with E-state index >= 15 is 0 Å². The standard InChI is InChI=1S/C13H19N3O2/c1-12(2,3)13(5-7-15)9-16(11(17)18)8-10(13)4-6-14/h10H,4-5,8-9H2,1-3H3,(H,17,18)/t10-,13-/m1/s1. The quantitative estimate of drug-likeness (QED) is 0.814. The summed E-state index contributed by atoms with van der Waals surface area (Å²) in [5.41, 5.74) is -0.648. The molecule has 1 amide bonds. The van der Waals surface area contributed by atoms with Gasteiger partial charge in [-0.2, -0.15) is 10.5 Å². The molecule has 1 aliphatic rings. The minimum atomic E-state index is -0.970. The Balaban J connectivity index is 3.17. The third-order valence-electron chi connectivity index (χ3n) is 4.19. The number of carboxylic acid groups (broad SMARTS) is 1. The first-order chi connectivity index (χ1) is 8.28. The van der Waals surface area contributed by atoms with Crippen LogP contribution in [0.4, 0.5) is 4.79 Å². The summed E-state index contributed by atoms with van der Waals surface area (Å²) in [5.74, 6) is -0.0711. The molecule has 1 saturated heterocycles. The first-order valence-corrected chi connectivity index (χ1v) is 6.00. The summed E-state index contributed by atoms with van der Waals surface area (Å²) in [6.07, 6.45) is -0.392. The molecule has 0 saturated carbocycles. The summed E-state index contributed by atoms with van der Waals surface area (Å²) in [7, 11) is 0. The molecule has 18 heavy (non-hydrogen) atoms. The second kappa shape index (κ2) is 4.86. The number of hydrogen-bond donors (Lipinski definition) is 1. The van der Waals surface area contributed by atoms with Crippen molar-refractivity contribution in [1.82, 2.24) is 4.90 Å². The van der Waals surface area contributed by atoms with Crippen molar-refractivity contribution in [2.24, 2.45) is 16.7 Å². The van der Waals surface area contributed by atoms with E-state index in [0.717, 1.165) is 0 Å². The van der Waals surface area contributed by atoms with Gasteiger partial charge in [-0.3, -0.25) is 0 Å². The molecule has 1 fully saturated rings. The highest BCUT2D eigenvalue weighted by Crippen LogP contribution is 2.52. The van der Waals surface area contributed by atoms with Crippen LogP contribution < -0.4 is 0 Å². The molecule has 0 unspecified atom stereocenters. The second-order valence-corrected chi connectivity index (χ2v) is 5.96. The molecule has 0 aliphatic carbocycles. The van der Waals surface area contributed by atoms with Crippen molar-refractivity contribution in [3.63, 3.8) is 0 Å². The van der Waals surface area contributed by atoms with Crippen LogP contribution in [0, 0.1) is 39.4 Å². The number of rotatable bonds is 2. The van der Waals surface area contributed by atoms with E-state index in [1.807, 2.05) is 20.8 Å². The van der Waals surface area contributed by atoms with E-state index in [1.54, 1.807) is 0 Å². The van der Waals surface area contributed by atoms with Gasteiger partial charge in [0.05, 0.1) is 12.1 Å². The van der Waals surface area contributed by atoms with Crippen LogP contribution >= 0.6 is 0 Å². The van der Waals surface area contributed by atoms with Gasteiger partial charge in [0.25, 0.3) is 0 Å². The van der Waals surface area contributed by atoms with Crippen LogP contribution in [0.25, 0.3) is 0 Å². The van der Waals surface area contributed by atoms with Gasteiger partial charge in [0.15, 0.2) is 0 Å². The van der Waals surface area contributed by atoms with Crippen molar-refractivity contribution in [3.05, 3.63) is 0 Å². The number of likely N-dealkylation sites (tertiary alicyclic amines) is 1. The van der Waals surface area contributed by atoms with Gasteiger partial charge in [-0.05, 0) is 11.3 Å². The van der Waals surface area contributed by atoms with Gasteiger partial charge in [-0.15, -0.1) is 0 Å². The maximum atomic E-state index is 11.1. The fourth-order valence-corrected chi connectivity index (χ4v) is 2.95. The summed E-state index contributed by atoms with van der Waals surface area (Å²) >= 11 is 0. The van der Waals surface area contributed by atoms with Crippen LogP contribution in [-0.4, -0.2) is 29.2 Å². The molecule has 5 heteroatoms. The number of carbonyl (C=O) groups is 1. The molecular weight excluding hydrogens is 230 g/mol. The van der Waals surface area contributed by atoms with Gasteiger partial charge in [-0.25, -0.2) is 4.79 Å². The molecule has 5 nitrogen and oxygen atoms in total. The van der Waals surface area contributed by atoms with E-state index in [4.69, 9.17) is 15.6 Å². The first-order valence-electron chi connectivity index (χ1n) is 6.00. The molecule has 1 heterocycles. The van der Waals surface area contributed by atoms with Crippen molar-refractivity contribution in [2.75, 3.05) is 13.1 Å². The number of nitrogens with zero attached hydrogens (tertiary/aromatic N) is 3. The van der Waals surface area contributed by atoms with E-state index in [1.165, 1.54) is 4.90 Å². The first kappa shape index (κ1) is 14.3. The van der Waals surface area contributed by atoms with Crippen LogP contribution in [0.1, 0.15) is 33.6 Å². The Labute approximate surface area is 108 Å². The van der Waals surface area contributed by atoms with E-state index in [2.05, 4.69) is 12.1 Å². The summed E-state index contributed by atoms with van der Waals surface area (Å²) in [5, 5.41) is 27.1. The van der Waals surface area contributed by atoms with Crippen molar-refractivity contribution in [1.29, 1.82) is 10.5 Å². The van der Waals surface area contributed by atoms with Gasteiger partial charge >= 0.3 is 6.09 Å². The highest BCUT2D eigenvalue weighted by molar-refractivity contribution is 5.65. The zero-order valence-electron chi connectivity index (χ0n) is 11.1. The zero-order valence-corrected chi connectivity index (χ0v) is 11.1. The largest absolute Gasteiger partial charge is 0.465 e. The lowest BCUT2D eigenvalue weighted by molar-refractivity contribution is 0.0559. The molecule has 0 aromatic heterocycles.